The molecule has 6 heteroatoms. The van der Waals surface area contributed by atoms with E-state index in [0.717, 1.165) is 4.90 Å². The third kappa shape index (κ3) is 3.62. The highest BCUT2D eigenvalue weighted by molar-refractivity contribution is 7.98. The van der Waals surface area contributed by atoms with Gasteiger partial charge in [-0.3, -0.25) is 10.1 Å². The number of rotatable bonds is 4. The van der Waals surface area contributed by atoms with Crippen molar-refractivity contribution in [1.82, 2.24) is 0 Å². The lowest BCUT2D eigenvalue weighted by atomic mass is 10.2. The summed E-state index contributed by atoms with van der Waals surface area (Å²) >= 11 is 7.17. The molecule has 98 valence electrons. The van der Waals surface area contributed by atoms with Crippen LogP contribution in [0.15, 0.2) is 47.4 Å². The highest BCUT2D eigenvalue weighted by Crippen LogP contribution is 2.31. The summed E-state index contributed by atoms with van der Waals surface area (Å²) in [7, 11) is 0. The van der Waals surface area contributed by atoms with Gasteiger partial charge in [-0.25, -0.2) is 0 Å². The zero-order chi connectivity index (χ0) is 13.8. The zero-order valence-electron chi connectivity index (χ0n) is 9.75. The molecule has 0 heterocycles. The van der Waals surface area contributed by atoms with Crippen molar-refractivity contribution < 1.29 is 10.0 Å². The summed E-state index contributed by atoms with van der Waals surface area (Å²) in [5, 5.41) is 20.6. The fourth-order valence-electron chi connectivity index (χ4n) is 1.56. The fourth-order valence-corrected chi connectivity index (χ4v) is 2.67. The maximum absolute atomic E-state index is 10.9. The number of aromatic hydroxyl groups is 1. The zero-order valence-corrected chi connectivity index (χ0v) is 11.3. The van der Waals surface area contributed by atoms with Crippen LogP contribution in [0, 0.1) is 10.1 Å². The smallest absolute Gasteiger partial charge is 0.274 e. The van der Waals surface area contributed by atoms with Gasteiger partial charge >= 0.3 is 0 Å². The van der Waals surface area contributed by atoms with Crippen LogP contribution >= 0.6 is 23.4 Å². The lowest BCUT2D eigenvalue weighted by Gasteiger charge is -2.04. The first kappa shape index (κ1) is 13.7. The predicted molar refractivity (Wildman–Crippen MR) is 75.8 cm³/mol. The van der Waals surface area contributed by atoms with Gasteiger partial charge in [-0.1, -0.05) is 17.7 Å². The lowest BCUT2D eigenvalue weighted by Crippen LogP contribution is -1.94. The van der Waals surface area contributed by atoms with Crippen molar-refractivity contribution in [3.8, 4) is 5.75 Å². The molecule has 0 aromatic heterocycles. The molecule has 0 aliphatic rings. The van der Waals surface area contributed by atoms with E-state index < -0.39 is 4.92 Å². The first-order chi connectivity index (χ1) is 9.06. The third-order valence-electron chi connectivity index (χ3n) is 2.46. The standard InChI is InChI=1S/C13H10ClNO3S/c14-10-5-4-9(13(6-10)15(17)18)8-19-12-3-1-2-11(16)7-12/h1-7,16H,8H2. The number of benzene rings is 2. The van der Waals surface area contributed by atoms with Crippen LogP contribution < -0.4 is 0 Å². The molecule has 0 bridgehead atoms. The number of nitro groups is 1. The van der Waals surface area contributed by atoms with Crippen LogP contribution in [0.5, 0.6) is 5.75 Å². The fraction of sp³-hybridized carbons (Fsp3) is 0.0769. The van der Waals surface area contributed by atoms with Gasteiger partial charge in [0.2, 0.25) is 0 Å². The average Bonchev–Trinajstić information content (AvgIpc) is 2.37. The van der Waals surface area contributed by atoms with Crippen LogP contribution in [0.4, 0.5) is 5.69 Å². The number of phenolic OH excluding ortho intramolecular Hbond substituents is 1. The summed E-state index contributed by atoms with van der Waals surface area (Å²) in [6.07, 6.45) is 0. The second kappa shape index (κ2) is 5.95. The molecule has 0 radical (unpaired) electrons. The van der Waals surface area contributed by atoms with Crippen molar-refractivity contribution >= 4 is 29.1 Å². The molecule has 2 rings (SSSR count). The van der Waals surface area contributed by atoms with Crippen LogP contribution in [0.2, 0.25) is 5.02 Å². The number of thioether (sulfide) groups is 1. The van der Waals surface area contributed by atoms with E-state index in [-0.39, 0.29) is 11.4 Å². The Morgan fingerprint density at radius 2 is 2.05 bits per heavy atom. The Kier molecular flexibility index (Phi) is 4.29. The number of hydrogen-bond acceptors (Lipinski definition) is 4. The van der Waals surface area contributed by atoms with E-state index >= 15 is 0 Å². The van der Waals surface area contributed by atoms with Gasteiger partial charge in [0.05, 0.1) is 4.92 Å². The van der Waals surface area contributed by atoms with Crippen molar-refractivity contribution in [2.75, 3.05) is 0 Å². The first-order valence-corrected chi connectivity index (χ1v) is 6.77. The molecule has 0 aliphatic heterocycles. The van der Waals surface area contributed by atoms with Gasteiger partial charge in [-0.05, 0) is 30.3 Å². The number of nitrogens with zero attached hydrogens (tertiary/aromatic N) is 1. The summed E-state index contributed by atoms with van der Waals surface area (Å²) < 4.78 is 0. The Morgan fingerprint density at radius 1 is 1.26 bits per heavy atom. The monoisotopic (exact) mass is 295 g/mol. The number of halogens is 1. The molecule has 2 aromatic rings. The largest absolute Gasteiger partial charge is 0.508 e. The van der Waals surface area contributed by atoms with Crippen molar-refractivity contribution in [2.45, 2.75) is 10.6 Å². The summed E-state index contributed by atoms with van der Waals surface area (Å²) in [5.74, 6) is 0.618. The molecule has 0 unspecified atom stereocenters. The second-order valence-corrected chi connectivity index (χ2v) is 5.30. The number of phenols is 1. The average molecular weight is 296 g/mol. The van der Waals surface area contributed by atoms with Crippen molar-refractivity contribution in [3.63, 3.8) is 0 Å². The van der Waals surface area contributed by atoms with Crippen LogP contribution in [-0.2, 0) is 5.75 Å². The Hall–Kier alpha value is -1.72. The van der Waals surface area contributed by atoms with E-state index in [1.807, 2.05) is 6.07 Å². The van der Waals surface area contributed by atoms with Crippen LogP contribution in [0.1, 0.15) is 5.56 Å². The van der Waals surface area contributed by atoms with Crippen LogP contribution in [0.25, 0.3) is 0 Å². The molecule has 1 N–H and O–H groups in total. The summed E-state index contributed by atoms with van der Waals surface area (Å²) in [4.78, 5) is 11.3. The minimum Gasteiger partial charge on any atom is -0.508 e. The highest BCUT2D eigenvalue weighted by atomic mass is 35.5. The predicted octanol–water partition coefficient (Wildman–Crippen LogP) is 4.25. The van der Waals surface area contributed by atoms with Crippen molar-refractivity contribution in [3.05, 3.63) is 63.2 Å². The van der Waals surface area contributed by atoms with Gasteiger partial charge in [-0.15, -0.1) is 11.8 Å². The summed E-state index contributed by atoms with van der Waals surface area (Å²) in [6.45, 7) is 0. The molecule has 0 amide bonds. The van der Waals surface area contributed by atoms with Gasteiger partial charge in [0.1, 0.15) is 5.75 Å². The van der Waals surface area contributed by atoms with Gasteiger partial charge in [0, 0.05) is 27.3 Å². The highest BCUT2D eigenvalue weighted by Gasteiger charge is 2.14. The molecule has 19 heavy (non-hydrogen) atoms. The van der Waals surface area contributed by atoms with Crippen molar-refractivity contribution in [2.24, 2.45) is 0 Å². The van der Waals surface area contributed by atoms with Gasteiger partial charge < -0.3 is 5.11 Å². The Labute approximate surface area is 119 Å². The minimum atomic E-state index is -0.440. The Balaban J connectivity index is 2.17. The minimum absolute atomic E-state index is 0.0140. The third-order valence-corrected chi connectivity index (χ3v) is 3.73. The molecule has 0 saturated heterocycles. The lowest BCUT2D eigenvalue weighted by molar-refractivity contribution is -0.385. The molecule has 4 nitrogen and oxygen atoms in total. The molecule has 0 aliphatic carbocycles. The van der Waals surface area contributed by atoms with E-state index in [2.05, 4.69) is 0 Å². The number of hydrogen-bond donors (Lipinski definition) is 1. The summed E-state index contributed by atoms with van der Waals surface area (Å²) in [6, 6.07) is 11.4. The molecule has 0 saturated carbocycles. The van der Waals surface area contributed by atoms with E-state index in [0.29, 0.717) is 16.3 Å². The van der Waals surface area contributed by atoms with E-state index in [1.165, 1.54) is 17.8 Å². The maximum atomic E-state index is 10.9. The molecule has 0 spiro atoms. The van der Waals surface area contributed by atoms with Gasteiger partial charge in [-0.2, -0.15) is 0 Å². The molecule has 0 atom stereocenters. The number of nitro benzene ring substituents is 1. The van der Waals surface area contributed by atoms with E-state index in [4.69, 9.17) is 11.6 Å². The normalized spacial score (nSPS) is 10.4. The molecular formula is C13H10ClNO3S. The van der Waals surface area contributed by atoms with Gasteiger partial charge in [0.15, 0.2) is 0 Å². The van der Waals surface area contributed by atoms with E-state index in [9.17, 15) is 15.2 Å². The van der Waals surface area contributed by atoms with Gasteiger partial charge in [0.25, 0.3) is 5.69 Å². The van der Waals surface area contributed by atoms with E-state index in [1.54, 1.807) is 30.3 Å². The maximum Gasteiger partial charge on any atom is 0.274 e. The Bertz CT molecular complexity index is 619. The van der Waals surface area contributed by atoms with Crippen molar-refractivity contribution in [1.29, 1.82) is 0 Å². The Morgan fingerprint density at radius 3 is 2.74 bits per heavy atom. The molecule has 2 aromatic carbocycles. The quantitative estimate of drug-likeness (QED) is 0.520. The molecular weight excluding hydrogens is 286 g/mol. The molecule has 0 fully saturated rings. The first-order valence-electron chi connectivity index (χ1n) is 5.41. The SMILES string of the molecule is O=[N+]([O-])c1cc(Cl)ccc1CSc1cccc(O)c1. The summed E-state index contributed by atoms with van der Waals surface area (Å²) in [5.41, 5.74) is 0.614. The second-order valence-electron chi connectivity index (χ2n) is 3.82. The topological polar surface area (TPSA) is 63.4 Å². The van der Waals surface area contributed by atoms with Crippen LogP contribution in [0.3, 0.4) is 0 Å². The van der Waals surface area contributed by atoms with Crippen LogP contribution in [-0.4, -0.2) is 10.0 Å².